The van der Waals surface area contributed by atoms with E-state index in [2.05, 4.69) is 124 Å². The Morgan fingerprint density at radius 3 is 1.00 bits per heavy atom. The zero-order chi connectivity index (χ0) is 37.3. The number of rotatable bonds is 24. The fraction of sp³-hybridized carbons (Fsp3) is 0.897. The monoisotopic (exact) mass is 832 g/mol. The van der Waals surface area contributed by atoms with Crippen LogP contribution in [-0.4, -0.2) is 98.0 Å². The van der Waals surface area contributed by atoms with Crippen LogP contribution in [0.1, 0.15) is 6.92 Å². The number of hydrogen-bond donors (Lipinski definition) is 0. The number of carbonyl (C=O) groups excluding carboxylic acids is 1. The molecule has 0 N–H and O–H groups in total. The van der Waals surface area contributed by atoms with E-state index in [9.17, 15) is 4.79 Å². The summed E-state index contributed by atoms with van der Waals surface area (Å²) in [6.45, 7) is 46.5. The van der Waals surface area contributed by atoms with E-state index < -0.39 is 91.8 Å². The highest BCUT2D eigenvalue weighted by Gasteiger charge is 2.54. The van der Waals surface area contributed by atoms with Crippen LogP contribution in [0.2, 0.25) is 154 Å². The molecule has 0 aliphatic rings. The summed E-state index contributed by atoms with van der Waals surface area (Å²) in [5, 5.41) is 0. The largest absolute Gasteiger partial charge is 0.509 e. The lowest BCUT2D eigenvalue weighted by Gasteiger charge is -2.45. The molecular weight excluding hydrogens is 757 g/mol. The molecule has 8 nitrogen and oxygen atoms in total. The zero-order valence-corrected chi connectivity index (χ0v) is 44.6. The van der Waals surface area contributed by atoms with Crippen molar-refractivity contribution in [2.45, 2.75) is 161 Å². The lowest BCUT2D eigenvalue weighted by molar-refractivity contribution is -0.138. The Balaban J connectivity index is 6.57. The van der Waals surface area contributed by atoms with Gasteiger partial charge in [0.25, 0.3) is 0 Å². The first-order valence-corrected chi connectivity index (χ1v) is 46.5. The summed E-state index contributed by atoms with van der Waals surface area (Å²) in [6, 6.07) is 6.05. The quantitative estimate of drug-likeness (QED) is 0.0543. The molecule has 0 rings (SSSR count). The first kappa shape index (κ1) is 48.1. The standard InChI is InChI=1S/C29H76O8Si10/c1-28(2)29(30)31-27-47(35-44(15,16)24-21-38(3)32-41(6,7)8,36-45(17,18)25-22-39(4)33-42(9,10)11)37-46(19,20)26-23-40(5)34-43(12,13)14/h38-40H,1,21-27H2,2-20H3. The van der Waals surface area contributed by atoms with E-state index in [4.69, 9.17) is 29.4 Å². The van der Waals surface area contributed by atoms with Crippen molar-refractivity contribution >= 4 is 91.8 Å². The van der Waals surface area contributed by atoms with Crippen LogP contribution in [0, 0.1) is 0 Å². The molecule has 0 aliphatic carbocycles. The van der Waals surface area contributed by atoms with Gasteiger partial charge in [0.1, 0.15) is 0 Å². The highest BCUT2D eigenvalue weighted by molar-refractivity contribution is 6.91. The molecule has 280 valence electrons. The minimum atomic E-state index is -3.52. The first-order valence-electron chi connectivity index (χ1n) is 17.7. The van der Waals surface area contributed by atoms with Gasteiger partial charge in [-0.3, -0.25) is 0 Å². The fourth-order valence-corrected chi connectivity index (χ4v) is 48.6. The van der Waals surface area contributed by atoms with Crippen LogP contribution in [0.15, 0.2) is 12.2 Å². The normalized spacial score (nSPS) is 17.2. The average Bonchev–Trinajstić information content (AvgIpc) is 2.80. The van der Waals surface area contributed by atoms with Gasteiger partial charge < -0.3 is 29.4 Å². The third-order valence-corrected chi connectivity index (χ3v) is 40.8. The van der Waals surface area contributed by atoms with Gasteiger partial charge in [-0.2, -0.15) is 0 Å². The molecule has 0 saturated carbocycles. The van der Waals surface area contributed by atoms with Crippen molar-refractivity contribution in [3.05, 3.63) is 12.2 Å². The highest BCUT2D eigenvalue weighted by atomic mass is 28.5. The van der Waals surface area contributed by atoms with E-state index in [1.54, 1.807) is 6.92 Å². The Labute approximate surface area is 303 Å². The van der Waals surface area contributed by atoms with Gasteiger partial charge >= 0.3 is 14.8 Å². The summed E-state index contributed by atoms with van der Waals surface area (Å²) in [4.78, 5) is 12.9. The third kappa shape index (κ3) is 24.9. The Bertz CT molecular complexity index is 880. The van der Waals surface area contributed by atoms with Crippen molar-refractivity contribution in [2.75, 3.05) is 6.23 Å². The predicted molar refractivity (Wildman–Crippen MR) is 228 cm³/mol. The van der Waals surface area contributed by atoms with Gasteiger partial charge in [0.2, 0.25) is 0 Å². The minimum absolute atomic E-state index is 0.0249. The predicted octanol–water partition coefficient (Wildman–Crippen LogP) is 8.86. The van der Waals surface area contributed by atoms with Gasteiger partial charge in [-0.15, -0.1) is 0 Å². The maximum atomic E-state index is 12.9. The van der Waals surface area contributed by atoms with Gasteiger partial charge in [0.15, 0.2) is 83.3 Å². The first-order chi connectivity index (χ1) is 20.8. The number of esters is 1. The van der Waals surface area contributed by atoms with Crippen LogP contribution in [0.4, 0.5) is 0 Å². The van der Waals surface area contributed by atoms with Crippen LogP contribution in [0.5, 0.6) is 0 Å². The maximum absolute atomic E-state index is 12.9. The minimum Gasteiger partial charge on any atom is -0.458 e. The van der Waals surface area contributed by atoms with Crippen LogP contribution in [-0.2, 0) is 34.2 Å². The summed E-state index contributed by atoms with van der Waals surface area (Å²) < 4.78 is 47.5. The van der Waals surface area contributed by atoms with E-state index >= 15 is 0 Å². The number of hydrogen-bond acceptors (Lipinski definition) is 8. The average molecular weight is 834 g/mol. The molecule has 3 atom stereocenters. The van der Waals surface area contributed by atoms with Crippen molar-refractivity contribution in [3.63, 3.8) is 0 Å². The van der Waals surface area contributed by atoms with E-state index in [1.165, 1.54) is 0 Å². The molecule has 0 bridgehead atoms. The number of carbonyl (C=O) groups is 1. The summed E-state index contributed by atoms with van der Waals surface area (Å²) in [7, 11) is -19.4. The molecule has 0 saturated heterocycles. The molecule has 0 fully saturated rings. The SMILES string of the molecule is C=C(C)C(=O)OC[Si](O[Si](C)(C)CC[SiH](C)O[Si](C)(C)C)(O[Si](C)(C)CC[SiH](C)O[Si](C)(C)C)O[Si](C)(C)CC[SiH](C)O[Si](C)(C)C. The molecule has 0 amide bonds. The molecule has 0 radical (unpaired) electrons. The molecule has 0 aromatic heterocycles. The van der Waals surface area contributed by atoms with Crippen molar-refractivity contribution in [1.82, 2.24) is 0 Å². The van der Waals surface area contributed by atoms with Gasteiger partial charge in [0, 0.05) is 5.57 Å². The van der Waals surface area contributed by atoms with Crippen LogP contribution in [0.25, 0.3) is 0 Å². The van der Waals surface area contributed by atoms with E-state index in [0.717, 1.165) is 36.3 Å². The van der Waals surface area contributed by atoms with Crippen LogP contribution in [0.3, 0.4) is 0 Å². The van der Waals surface area contributed by atoms with Gasteiger partial charge in [-0.05, 0) is 161 Å². The van der Waals surface area contributed by atoms with Crippen LogP contribution >= 0.6 is 0 Å². The summed E-state index contributed by atoms with van der Waals surface area (Å²) in [5.74, 6) is -0.421. The maximum Gasteiger partial charge on any atom is 0.509 e. The molecular formula is C29H76O8Si10. The second kappa shape index (κ2) is 19.3. The smallest absolute Gasteiger partial charge is 0.458 e. The Morgan fingerprint density at radius 2 is 0.787 bits per heavy atom. The second-order valence-electron chi connectivity index (χ2n) is 18.4. The summed E-state index contributed by atoms with van der Waals surface area (Å²) in [6.07, 6.45) is 0.0249. The fourth-order valence-electron chi connectivity index (χ4n) is 5.48. The Hall–Kier alpha value is 1.14. The number of ether oxygens (including phenoxy) is 1. The lowest BCUT2D eigenvalue weighted by atomic mass is 10.4. The molecule has 18 heteroatoms. The van der Waals surface area contributed by atoms with Crippen molar-refractivity contribution in [3.8, 4) is 0 Å². The van der Waals surface area contributed by atoms with E-state index in [-0.39, 0.29) is 6.23 Å². The van der Waals surface area contributed by atoms with E-state index in [0.29, 0.717) is 5.57 Å². The second-order valence-corrected chi connectivity index (χ2v) is 56.6. The van der Waals surface area contributed by atoms with Crippen LogP contribution < -0.4 is 0 Å². The summed E-state index contributed by atoms with van der Waals surface area (Å²) in [5.41, 5.74) is 0.368. The molecule has 0 aromatic carbocycles. The molecule has 0 aromatic rings. The summed E-state index contributed by atoms with van der Waals surface area (Å²) >= 11 is 0. The topological polar surface area (TPSA) is 81.7 Å². The highest BCUT2D eigenvalue weighted by Crippen LogP contribution is 2.33. The van der Waals surface area contributed by atoms with Gasteiger partial charge in [-0.25, -0.2) is 4.79 Å². The molecule has 47 heavy (non-hydrogen) atoms. The van der Waals surface area contributed by atoms with Crippen molar-refractivity contribution < 1.29 is 34.2 Å². The van der Waals surface area contributed by atoms with Gasteiger partial charge in [0.05, 0.1) is 0 Å². The van der Waals surface area contributed by atoms with Crippen molar-refractivity contribution in [1.29, 1.82) is 0 Å². The Kier molecular flexibility index (Phi) is 19.8. The molecule has 0 aliphatic heterocycles. The zero-order valence-electron chi connectivity index (χ0n) is 34.2. The third-order valence-electron chi connectivity index (χ3n) is 7.15. The van der Waals surface area contributed by atoms with E-state index in [1.807, 2.05) is 0 Å². The van der Waals surface area contributed by atoms with Gasteiger partial charge in [-0.1, -0.05) is 6.58 Å². The molecule has 0 heterocycles. The molecule has 0 spiro atoms. The lowest BCUT2D eigenvalue weighted by Crippen LogP contribution is -2.65. The molecule has 3 unspecified atom stereocenters. The Morgan fingerprint density at radius 1 is 0.532 bits per heavy atom. The van der Waals surface area contributed by atoms with Crippen molar-refractivity contribution in [2.24, 2.45) is 0 Å².